The number of anilines is 1. The van der Waals surface area contributed by atoms with E-state index in [1.165, 1.54) is 4.31 Å². The van der Waals surface area contributed by atoms with Gasteiger partial charge in [-0.3, -0.25) is 4.31 Å². The molecule has 0 saturated carbocycles. The zero-order valence-electron chi connectivity index (χ0n) is 12.1. The van der Waals surface area contributed by atoms with Gasteiger partial charge in [-0.25, -0.2) is 8.42 Å². The zero-order valence-corrected chi connectivity index (χ0v) is 15.2. The first kappa shape index (κ1) is 17.5. The standard InChI is InChI=1S/C15H15Cl2NO2S2/c1-3-18(14-6-4-5-13(16)15(14)17)22(19,20)12-9-7-11(21-2)8-10-12/h4-10H,3H2,1-2H3. The van der Waals surface area contributed by atoms with Crippen LogP contribution in [0.4, 0.5) is 5.69 Å². The smallest absolute Gasteiger partial charge is 0.264 e. The Labute approximate surface area is 145 Å². The number of rotatable bonds is 5. The summed E-state index contributed by atoms with van der Waals surface area (Å²) in [6.07, 6.45) is 1.94. The summed E-state index contributed by atoms with van der Waals surface area (Å²) >= 11 is 13.7. The lowest BCUT2D eigenvalue weighted by Gasteiger charge is -2.24. The normalized spacial score (nSPS) is 11.5. The van der Waals surface area contributed by atoms with Crippen molar-refractivity contribution in [1.82, 2.24) is 0 Å². The van der Waals surface area contributed by atoms with E-state index in [1.807, 2.05) is 6.26 Å². The highest BCUT2D eigenvalue weighted by Gasteiger charge is 2.25. The summed E-state index contributed by atoms with van der Waals surface area (Å²) in [6, 6.07) is 11.7. The quantitative estimate of drug-likeness (QED) is 0.695. The molecular weight excluding hydrogens is 361 g/mol. The van der Waals surface area contributed by atoms with Crippen LogP contribution in [0.1, 0.15) is 6.92 Å². The van der Waals surface area contributed by atoms with Gasteiger partial charge in [-0.2, -0.15) is 0 Å². The maximum absolute atomic E-state index is 12.8. The van der Waals surface area contributed by atoms with E-state index < -0.39 is 10.0 Å². The van der Waals surface area contributed by atoms with Crippen LogP contribution in [-0.4, -0.2) is 21.2 Å². The average Bonchev–Trinajstić information content (AvgIpc) is 2.52. The molecular formula is C15H15Cl2NO2S2. The van der Waals surface area contributed by atoms with Crippen LogP contribution in [0.5, 0.6) is 0 Å². The fourth-order valence-corrected chi connectivity index (χ4v) is 4.37. The Morgan fingerprint density at radius 1 is 1.09 bits per heavy atom. The first-order valence-corrected chi connectivity index (χ1v) is 9.94. The lowest BCUT2D eigenvalue weighted by molar-refractivity contribution is 0.592. The first-order valence-electron chi connectivity index (χ1n) is 6.52. The summed E-state index contributed by atoms with van der Waals surface area (Å²) in [6.45, 7) is 2.01. The molecule has 0 aromatic heterocycles. The van der Waals surface area contributed by atoms with Crippen molar-refractivity contribution in [3.8, 4) is 0 Å². The molecule has 0 aliphatic rings. The van der Waals surface area contributed by atoms with E-state index in [-0.39, 0.29) is 16.5 Å². The Morgan fingerprint density at radius 2 is 1.73 bits per heavy atom. The number of thioether (sulfide) groups is 1. The molecule has 0 amide bonds. The van der Waals surface area contributed by atoms with Gasteiger partial charge in [-0.1, -0.05) is 29.3 Å². The fraction of sp³-hybridized carbons (Fsp3) is 0.200. The van der Waals surface area contributed by atoms with Gasteiger partial charge in [0.15, 0.2) is 0 Å². The number of sulfonamides is 1. The van der Waals surface area contributed by atoms with Crippen molar-refractivity contribution >= 4 is 50.7 Å². The highest BCUT2D eigenvalue weighted by molar-refractivity contribution is 7.98. The van der Waals surface area contributed by atoms with Crippen LogP contribution in [0, 0.1) is 0 Å². The largest absolute Gasteiger partial charge is 0.265 e. The third kappa shape index (κ3) is 3.38. The first-order chi connectivity index (χ1) is 10.4. The molecule has 118 valence electrons. The molecule has 0 radical (unpaired) electrons. The summed E-state index contributed by atoms with van der Waals surface area (Å²) in [5.41, 5.74) is 0.380. The van der Waals surface area contributed by atoms with E-state index in [0.29, 0.717) is 10.7 Å². The van der Waals surface area contributed by atoms with Crippen LogP contribution in [0.15, 0.2) is 52.3 Å². The van der Waals surface area contributed by atoms with Crippen LogP contribution in [0.2, 0.25) is 10.0 Å². The molecule has 0 unspecified atom stereocenters. The summed E-state index contributed by atoms with van der Waals surface area (Å²) < 4.78 is 26.9. The van der Waals surface area contributed by atoms with E-state index in [1.54, 1.807) is 61.2 Å². The van der Waals surface area contributed by atoms with Crippen molar-refractivity contribution in [2.45, 2.75) is 16.7 Å². The Kier molecular flexibility index (Phi) is 5.66. The molecule has 0 fully saturated rings. The van der Waals surface area contributed by atoms with Crippen LogP contribution in [-0.2, 0) is 10.0 Å². The second-order valence-electron chi connectivity index (χ2n) is 4.42. The molecule has 0 atom stereocenters. The summed E-state index contributed by atoms with van der Waals surface area (Å²) in [4.78, 5) is 1.23. The molecule has 22 heavy (non-hydrogen) atoms. The topological polar surface area (TPSA) is 37.4 Å². The minimum absolute atomic E-state index is 0.225. The van der Waals surface area contributed by atoms with Gasteiger partial charge in [0, 0.05) is 11.4 Å². The highest BCUT2D eigenvalue weighted by atomic mass is 35.5. The number of nitrogens with zero attached hydrogens (tertiary/aromatic N) is 1. The zero-order chi connectivity index (χ0) is 16.3. The summed E-state index contributed by atoms with van der Waals surface area (Å²) in [7, 11) is -3.69. The molecule has 0 aliphatic carbocycles. The van der Waals surface area contributed by atoms with Gasteiger partial charge < -0.3 is 0 Å². The number of hydrogen-bond donors (Lipinski definition) is 0. The monoisotopic (exact) mass is 375 g/mol. The molecule has 0 spiro atoms. The van der Waals surface area contributed by atoms with Gasteiger partial charge in [-0.05, 0) is 49.6 Å². The van der Waals surface area contributed by atoms with E-state index >= 15 is 0 Å². The Balaban J connectivity index is 2.50. The Morgan fingerprint density at radius 3 is 2.27 bits per heavy atom. The van der Waals surface area contributed by atoms with Crippen molar-refractivity contribution in [2.24, 2.45) is 0 Å². The molecule has 2 rings (SSSR count). The van der Waals surface area contributed by atoms with Gasteiger partial charge in [0.25, 0.3) is 10.0 Å². The van der Waals surface area contributed by atoms with Gasteiger partial charge in [-0.15, -0.1) is 11.8 Å². The van der Waals surface area contributed by atoms with E-state index in [9.17, 15) is 8.42 Å². The average molecular weight is 376 g/mol. The minimum atomic E-state index is -3.69. The molecule has 3 nitrogen and oxygen atoms in total. The molecule has 2 aromatic carbocycles. The molecule has 0 saturated heterocycles. The van der Waals surface area contributed by atoms with Crippen LogP contribution >= 0.6 is 35.0 Å². The molecule has 7 heteroatoms. The van der Waals surface area contributed by atoms with Gasteiger partial charge >= 0.3 is 0 Å². The Bertz CT molecular complexity index is 762. The number of benzene rings is 2. The third-order valence-corrected chi connectivity index (χ3v) is 6.59. The third-order valence-electron chi connectivity index (χ3n) is 3.13. The van der Waals surface area contributed by atoms with Crippen LogP contribution < -0.4 is 4.31 Å². The maximum atomic E-state index is 12.8. The van der Waals surface area contributed by atoms with Crippen LogP contribution in [0.3, 0.4) is 0 Å². The predicted molar refractivity (Wildman–Crippen MR) is 94.9 cm³/mol. The molecule has 0 bridgehead atoms. The van der Waals surface area contributed by atoms with Crippen molar-refractivity contribution in [1.29, 1.82) is 0 Å². The fourth-order valence-electron chi connectivity index (χ4n) is 2.03. The van der Waals surface area contributed by atoms with Gasteiger partial charge in [0.1, 0.15) is 0 Å². The minimum Gasteiger partial charge on any atom is -0.265 e. The Hall–Kier alpha value is -0.880. The predicted octanol–water partition coefficient (Wildman–Crippen LogP) is 4.93. The molecule has 2 aromatic rings. The summed E-state index contributed by atoms with van der Waals surface area (Å²) in [5, 5.41) is 0.556. The second-order valence-corrected chi connectivity index (χ2v) is 7.95. The molecule has 0 aliphatic heterocycles. The van der Waals surface area contributed by atoms with Gasteiger partial charge in [0.05, 0.1) is 20.6 Å². The number of hydrogen-bond acceptors (Lipinski definition) is 3. The lowest BCUT2D eigenvalue weighted by Crippen LogP contribution is -2.31. The van der Waals surface area contributed by atoms with E-state index in [0.717, 1.165) is 4.90 Å². The van der Waals surface area contributed by atoms with Crippen molar-refractivity contribution in [3.05, 3.63) is 52.5 Å². The van der Waals surface area contributed by atoms with E-state index in [2.05, 4.69) is 0 Å². The van der Waals surface area contributed by atoms with Crippen LogP contribution in [0.25, 0.3) is 0 Å². The van der Waals surface area contributed by atoms with Crippen molar-refractivity contribution < 1.29 is 8.42 Å². The van der Waals surface area contributed by atoms with E-state index in [4.69, 9.17) is 23.2 Å². The van der Waals surface area contributed by atoms with Crippen molar-refractivity contribution in [2.75, 3.05) is 17.1 Å². The molecule has 0 N–H and O–H groups in total. The second kappa shape index (κ2) is 7.13. The SMILES string of the molecule is CCN(c1cccc(Cl)c1Cl)S(=O)(=O)c1ccc(SC)cc1. The maximum Gasteiger partial charge on any atom is 0.264 e. The van der Waals surface area contributed by atoms with Gasteiger partial charge in [0.2, 0.25) is 0 Å². The molecule has 0 heterocycles. The number of halogens is 2. The highest BCUT2D eigenvalue weighted by Crippen LogP contribution is 2.35. The summed E-state index contributed by atoms with van der Waals surface area (Å²) in [5.74, 6) is 0. The van der Waals surface area contributed by atoms with Crippen molar-refractivity contribution in [3.63, 3.8) is 0 Å². The lowest BCUT2D eigenvalue weighted by atomic mass is 10.3.